The number of anilines is 1. The monoisotopic (exact) mass is 594 g/mol. The molecule has 0 aliphatic carbocycles. The average Bonchev–Trinajstić information content (AvgIpc) is 3.59. The normalized spacial score (nSPS) is 14.5. The number of H-pyrrole nitrogens is 1. The summed E-state index contributed by atoms with van der Waals surface area (Å²) in [7, 11) is 1.57. The quantitative estimate of drug-likeness (QED) is 0.299. The van der Waals surface area contributed by atoms with Crippen molar-refractivity contribution in [2.24, 2.45) is 0 Å². The number of ether oxygens (including phenoxy) is 1. The van der Waals surface area contributed by atoms with Crippen LogP contribution >= 0.6 is 0 Å². The van der Waals surface area contributed by atoms with Crippen LogP contribution in [-0.2, 0) is 10.2 Å². The molecule has 44 heavy (non-hydrogen) atoms. The van der Waals surface area contributed by atoms with Crippen molar-refractivity contribution in [3.63, 3.8) is 0 Å². The van der Waals surface area contributed by atoms with E-state index in [2.05, 4.69) is 41.0 Å². The Balaban J connectivity index is 1.39. The Kier molecular flexibility index (Phi) is 9.08. The maximum atomic E-state index is 14.2. The van der Waals surface area contributed by atoms with Gasteiger partial charge in [-0.1, -0.05) is 45.0 Å². The van der Waals surface area contributed by atoms with Crippen LogP contribution in [0.15, 0.2) is 85.6 Å². The van der Waals surface area contributed by atoms with Crippen molar-refractivity contribution in [1.29, 1.82) is 0 Å². The smallest absolute Gasteiger partial charge is 0.279 e. The van der Waals surface area contributed by atoms with Crippen molar-refractivity contribution in [1.82, 2.24) is 25.2 Å². The Hall–Kier alpha value is -4.99. The second kappa shape index (κ2) is 13.1. The van der Waals surface area contributed by atoms with Crippen molar-refractivity contribution >= 4 is 23.4 Å². The van der Waals surface area contributed by atoms with E-state index in [4.69, 9.17) is 4.74 Å². The summed E-state index contributed by atoms with van der Waals surface area (Å²) in [6.45, 7) is 7.34. The Morgan fingerprint density at radius 2 is 1.80 bits per heavy atom. The highest BCUT2D eigenvalue weighted by molar-refractivity contribution is 6.09. The van der Waals surface area contributed by atoms with Crippen molar-refractivity contribution in [3.05, 3.63) is 108 Å². The van der Waals surface area contributed by atoms with Crippen LogP contribution < -0.4 is 15.0 Å². The van der Waals surface area contributed by atoms with E-state index in [1.807, 2.05) is 24.3 Å². The number of carbonyl (C=O) groups excluding carboxylic acids is 3. The van der Waals surface area contributed by atoms with Gasteiger partial charge in [-0.2, -0.15) is 0 Å². The number of amides is 3. The molecule has 2 aromatic heterocycles. The molecule has 10 nitrogen and oxygen atoms in total. The molecule has 228 valence electrons. The lowest BCUT2D eigenvalue weighted by atomic mass is 9.87. The van der Waals surface area contributed by atoms with Crippen molar-refractivity contribution in [2.45, 2.75) is 51.1 Å². The maximum Gasteiger partial charge on any atom is 0.279 e. The zero-order chi connectivity index (χ0) is 31.3. The van der Waals surface area contributed by atoms with Gasteiger partial charge in [0.1, 0.15) is 17.5 Å². The fraction of sp³-hybridized carbons (Fsp3) is 0.324. The van der Waals surface area contributed by atoms with Crippen LogP contribution in [0.2, 0.25) is 0 Å². The summed E-state index contributed by atoms with van der Waals surface area (Å²) in [6, 6.07) is 17.1. The molecule has 3 amide bonds. The number of likely N-dealkylation sites (tertiary alicyclic amines) is 1. The third-order valence-electron chi connectivity index (χ3n) is 7.90. The number of hydrogen-bond donors (Lipinski definition) is 2. The first-order valence-electron chi connectivity index (χ1n) is 14.7. The van der Waals surface area contributed by atoms with Gasteiger partial charge in [0.05, 0.1) is 13.4 Å². The van der Waals surface area contributed by atoms with Gasteiger partial charge in [-0.15, -0.1) is 0 Å². The molecular weight excluding hydrogens is 556 g/mol. The van der Waals surface area contributed by atoms with E-state index in [1.54, 1.807) is 60.8 Å². The number of benzene rings is 2. The minimum atomic E-state index is -1.01. The molecule has 0 radical (unpaired) electrons. The molecule has 1 fully saturated rings. The SMILES string of the molecule is COc1cccc(C(=O)N2CCC(NC(=O)C(c3cccnc3)N(C(=O)c3c[nH]cn3)c3ccc(C(C)(C)C)cc3)CC2)c1. The van der Waals surface area contributed by atoms with Crippen LogP contribution in [0, 0.1) is 0 Å². The molecule has 2 N–H and O–H groups in total. The Morgan fingerprint density at radius 3 is 2.41 bits per heavy atom. The molecule has 4 aromatic rings. The lowest BCUT2D eigenvalue weighted by molar-refractivity contribution is -0.123. The van der Waals surface area contributed by atoms with Gasteiger partial charge in [0.25, 0.3) is 11.8 Å². The van der Waals surface area contributed by atoms with E-state index in [0.29, 0.717) is 48.5 Å². The van der Waals surface area contributed by atoms with Gasteiger partial charge in [-0.25, -0.2) is 4.98 Å². The van der Waals surface area contributed by atoms with Gasteiger partial charge in [-0.05, 0) is 60.2 Å². The molecule has 1 aliphatic rings. The molecule has 10 heteroatoms. The summed E-state index contributed by atoms with van der Waals surface area (Å²) in [5, 5.41) is 3.17. The van der Waals surface area contributed by atoms with E-state index in [-0.39, 0.29) is 29.0 Å². The van der Waals surface area contributed by atoms with Crippen LogP contribution in [0.5, 0.6) is 5.75 Å². The number of imidazole rings is 1. The van der Waals surface area contributed by atoms with Crippen LogP contribution in [0.1, 0.15) is 71.6 Å². The molecule has 5 rings (SSSR count). The van der Waals surface area contributed by atoms with Crippen molar-refractivity contribution in [2.75, 3.05) is 25.1 Å². The number of pyridine rings is 1. The molecule has 0 spiro atoms. The minimum absolute atomic E-state index is 0.0728. The van der Waals surface area contributed by atoms with E-state index in [9.17, 15) is 14.4 Å². The maximum absolute atomic E-state index is 14.2. The summed E-state index contributed by atoms with van der Waals surface area (Å²) in [5.74, 6) is -0.199. The Labute approximate surface area is 257 Å². The van der Waals surface area contributed by atoms with Crippen LogP contribution in [0.4, 0.5) is 5.69 Å². The van der Waals surface area contributed by atoms with Crippen LogP contribution in [0.25, 0.3) is 0 Å². The number of aromatic nitrogens is 3. The first-order chi connectivity index (χ1) is 21.2. The molecule has 1 aliphatic heterocycles. The summed E-state index contributed by atoms with van der Waals surface area (Å²) in [5.41, 5.74) is 2.90. The molecule has 1 saturated heterocycles. The highest BCUT2D eigenvalue weighted by Crippen LogP contribution is 2.32. The zero-order valence-corrected chi connectivity index (χ0v) is 25.5. The standard InChI is InChI=1S/C34H38N6O4/c1-34(2,3)25-10-12-27(13-11-25)40(33(43)29-21-36-22-37-29)30(24-8-6-16-35-20-24)31(41)38-26-14-17-39(18-15-26)32(42)23-7-5-9-28(19-23)44-4/h5-13,16,19-22,26,30H,14-15,17-18H2,1-4H3,(H,36,37)(H,38,41). The van der Waals surface area contributed by atoms with Crippen molar-refractivity contribution < 1.29 is 19.1 Å². The molecule has 0 bridgehead atoms. The number of aromatic amines is 1. The first-order valence-corrected chi connectivity index (χ1v) is 14.7. The van der Waals surface area contributed by atoms with Crippen LogP contribution in [-0.4, -0.2) is 63.8 Å². The van der Waals surface area contributed by atoms with Gasteiger partial charge < -0.3 is 19.9 Å². The Bertz CT molecular complexity index is 1570. The molecule has 1 atom stereocenters. The van der Waals surface area contributed by atoms with E-state index in [0.717, 1.165) is 5.56 Å². The summed E-state index contributed by atoms with van der Waals surface area (Å²) < 4.78 is 5.27. The highest BCUT2D eigenvalue weighted by Gasteiger charge is 2.36. The number of methoxy groups -OCH3 is 1. The fourth-order valence-electron chi connectivity index (χ4n) is 5.41. The number of nitrogens with zero attached hydrogens (tertiary/aromatic N) is 4. The average molecular weight is 595 g/mol. The number of carbonyl (C=O) groups is 3. The molecule has 1 unspecified atom stereocenters. The van der Waals surface area contributed by atoms with Gasteiger partial charge in [0.2, 0.25) is 5.91 Å². The number of rotatable bonds is 8. The van der Waals surface area contributed by atoms with E-state index < -0.39 is 11.9 Å². The lowest BCUT2D eigenvalue weighted by Crippen LogP contribution is -2.50. The van der Waals surface area contributed by atoms with Gasteiger partial charge >= 0.3 is 0 Å². The topological polar surface area (TPSA) is 121 Å². The number of nitrogens with one attached hydrogen (secondary N) is 2. The van der Waals surface area contributed by atoms with Gasteiger partial charge in [0, 0.05) is 54.5 Å². The zero-order valence-electron chi connectivity index (χ0n) is 25.5. The van der Waals surface area contributed by atoms with Gasteiger partial charge in [0.15, 0.2) is 0 Å². The second-order valence-electron chi connectivity index (χ2n) is 11.9. The van der Waals surface area contributed by atoms with Crippen LogP contribution in [0.3, 0.4) is 0 Å². The molecule has 2 aromatic carbocycles. The summed E-state index contributed by atoms with van der Waals surface area (Å²) >= 11 is 0. The molecule has 0 saturated carbocycles. The molecular formula is C34H38N6O4. The summed E-state index contributed by atoms with van der Waals surface area (Å²) in [6.07, 6.45) is 7.35. The van der Waals surface area contributed by atoms with E-state index >= 15 is 0 Å². The largest absolute Gasteiger partial charge is 0.497 e. The third-order valence-corrected chi connectivity index (χ3v) is 7.90. The lowest BCUT2D eigenvalue weighted by Gasteiger charge is -2.35. The van der Waals surface area contributed by atoms with Crippen molar-refractivity contribution in [3.8, 4) is 5.75 Å². The minimum Gasteiger partial charge on any atom is -0.497 e. The third kappa shape index (κ3) is 6.80. The number of hydrogen-bond acceptors (Lipinski definition) is 6. The summed E-state index contributed by atoms with van der Waals surface area (Å²) in [4.78, 5) is 55.9. The molecule has 3 heterocycles. The number of piperidine rings is 1. The Morgan fingerprint density at radius 1 is 1.05 bits per heavy atom. The van der Waals surface area contributed by atoms with E-state index in [1.165, 1.54) is 17.4 Å². The predicted octanol–water partition coefficient (Wildman–Crippen LogP) is 4.92. The second-order valence-corrected chi connectivity index (χ2v) is 11.9. The first kappa shape index (κ1) is 30.5. The van der Waals surface area contributed by atoms with Gasteiger partial charge in [-0.3, -0.25) is 24.3 Å². The fourth-order valence-corrected chi connectivity index (χ4v) is 5.41. The highest BCUT2D eigenvalue weighted by atomic mass is 16.5. The predicted molar refractivity (Wildman–Crippen MR) is 168 cm³/mol.